The Labute approximate surface area is 142 Å². The molecule has 2 N–H and O–H groups in total. The average Bonchev–Trinajstić information content (AvgIpc) is 2.86. The van der Waals surface area contributed by atoms with Crippen molar-refractivity contribution < 1.29 is 4.79 Å². The third kappa shape index (κ3) is 3.41. The van der Waals surface area contributed by atoms with Gasteiger partial charge in [0.25, 0.3) is 11.5 Å². The van der Waals surface area contributed by atoms with E-state index in [0.29, 0.717) is 22.1 Å². The molecule has 24 heavy (non-hydrogen) atoms. The Morgan fingerprint density at radius 1 is 1.12 bits per heavy atom. The van der Waals surface area contributed by atoms with Crippen LogP contribution in [0.15, 0.2) is 35.1 Å². The number of aryl methyl sites for hydroxylation is 3. The number of nitrogens with zero attached hydrogens (tertiary/aromatic N) is 2. The number of amides is 1. The van der Waals surface area contributed by atoms with Gasteiger partial charge in [0.2, 0.25) is 0 Å². The van der Waals surface area contributed by atoms with Gasteiger partial charge in [0.15, 0.2) is 0 Å². The quantitative estimate of drug-likeness (QED) is 0.767. The van der Waals surface area contributed by atoms with E-state index in [1.807, 2.05) is 13.8 Å². The molecular weight excluding hydrogens is 324 g/mol. The first kappa shape index (κ1) is 16.1. The molecule has 3 rings (SSSR count). The summed E-state index contributed by atoms with van der Waals surface area (Å²) in [5, 5.41) is 3.72. The van der Waals surface area contributed by atoms with Crippen molar-refractivity contribution in [1.29, 1.82) is 0 Å². The number of anilines is 1. The molecule has 0 spiro atoms. The second kappa shape index (κ2) is 6.37. The van der Waals surface area contributed by atoms with Crippen LogP contribution in [0, 0.1) is 20.8 Å². The summed E-state index contributed by atoms with van der Waals surface area (Å²) in [5.41, 5.74) is 2.64. The van der Waals surface area contributed by atoms with Crippen LogP contribution in [-0.2, 0) is 0 Å². The number of thiazole rings is 1. The molecule has 0 radical (unpaired) electrons. The molecule has 2 heterocycles. The molecule has 0 atom stereocenters. The second-order valence-corrected chi connectivity index (χ2v) is 6.62. The number of benzene rings is 1. The largest absolute Gasteiger partial charge is 0.321 e. The maximum atomic E-state index is 12.3. The van der Waals surface area contributed by atoms with Gasteiger partial charge in [0, 0.05) is 23.0 Å². The van der Waals surface area contributed by atoms with E-state index in [-0.39, 0.29) is 11.5 Å². The van der Waals surface area contributed by atoms with Crippen molar-refractivity contribution in [3.8, 4) is 11.4 Å². The van der Waals surface area contributed by atoms with Crippen LogP contribution < -0.4 is 10.9 Å². The highest BCUT2D eigenvalue weighted by atomic mass is 32.1. The Balaban J connectivity index is 1.81. The molecule has 0 saturated heterocycles. The molecule has 0 fully saturated rings. The second-order valence-electron chi connectivity index (χ2n) is 5.41. The minimum atomic E-state index is -0.189. The summed E-state index contributed by atoms with van der Waals surface area (Å²) in [6.45, 7) is 5.47. The lowest BCUT2D eigenvalue weighted by atomic mass is 10.2. The van der Waals surface area contributed by atoms with Gasteiger partial charge in [0.1, 0.15) is 10.7 Å². The van der Waals surface area contributed by atoms with Gasteiger partial charge in [-0.2, -0.15) is 0 Å². The molecule has 1 amide bonds. The Hall–Kier alpha value is -2.80. The minimum Gasteiger partial charge on any atom is -0.321 e. The van der Waals surface area contributed by atoms with E-state index in [2.05, 4.69) is 20.3 Å². The predicted molar refractivity (Wildman–Crippen MR) is 94.6 cm³/mol. The maximum Gasteiger partial charge on any atom is 0.267 e. The molecule has 0 saturated carbocycles. The monoisotopic (exact) mass is 340 g/mol. The van der Waals surface area contributed by atoms with Crippen LogP contribution in [-0.4, -0.2) is 20.9 Å². The molecule has 0 aliphatic heterocycles. The minimum absolute atomic E-state index is 0.173. The molecular formula is C17H16N4O2S. The summed E-state index contributed by atoms with van der Waals surface area (Å²) in [6, 6.07) is 8.60. The van der Waals surface area contributed by atoms with E-state index in [0.717, 1.165) is 16.3 Å². The van der Waals surface area contributed by atoms with Crippen LogP contribution in [0.2, 0.25) is 0 Å². The van der Waals surface area contributed by atoms with Crippen molar-refractivity contribution in [3.63, 3.8) is 0 Å². The van der Waals surface area contributed by atoms with Gasteiger partial charge >= 0.3 is 0 Å². The molecule has 0 unspecified atom stereocenters. The zero-order chi connectivity index (χ0) is 17.3. The van der Waals surface area contributed by atoms with Crippen LogP contribution in [0.25, 0.3) is 11.4 Å². The van der Waals surface area contributed by atoms with Crippen LogP contribution in [0.5, 0.6) is 0 Å². The van der Waals surface area contributed by atoms with Crippen molar-refractivity contribution in [2.24, 2.45) is 0 Å². The fourth-order valence-corrected chi connectivity index (χ4v) is 3.17. The Morgan fingerprint density at radius 2 is 1.83 bits per heavy atom. The molecule has 6 nitrogen and oxygen atoms in total. The molecule has 1 aromatic carbocycles. The number of hydrogen-bond donors (Lipinski definition) is 2. The number of aromatic amines is 1. The van der Waals surface area contributed by atoms with Crippen LogP contribution in [0.1, 0.15) is 26.1 Å². The first-order valence-electron chi connectivity index (χ1n) is 7.36. The summed E-state index contributed by atoms with van der Waals surface area (Å²) in [5.74, 6) is 0.333. The topological polar surface area (TPSA) is 87.7 Å². The molecule has 0 aliphatic rings. The van der Waals surface area contributed by atoms with Crippen molar-refractivity contribution in [2.45, 2.75) is 20.8 Å². The van der Waals surface area contributed by atoms with Gasteiger partial charge in [0.05, 0.1) is 10.7 Å². The highest BCUT2D eigenvalue weighted by molar-refractivity contribution is 7.13. The molecule has 0 aliphatic carbocycles. The lowest BCUT2D eigenvalue weighted by molar-refractivity contribution is 0.103. The van der Waals surface area contributed by atoms with E-state index in [4.69, 9.17) is 0 Å². The van der Waals surface area contributed by atoms with E-state index < -0.39 is 0 Å². The number of carbonyl (C=O) groups excluding carboxylic acids is 1. The lowest BCUT2D eigenvalue weighted by Crippen LogP contribution is -2.11. The third-order valence-electron chi connectivity index (χ3n) is 3.40. The zero-order valence-corrected chi connectivity index (χ0v) is 14.3. The number of nitrogens with one attached hydrogen (secondary N) is 2. The summed E-state index contributed by atoms with van der Waals surface area (Å²) < 4.78 is 0. The van der Waals surface area contributed by atoms with Crippen molar-refractivity contribution in [1.82, 2.24) is 15.0 Å². The Bertz CT molecular complexity index is 957. The van der Waals surface area contributed by atoms with Gasteiger partial charge in [-0.15, -0.1) is 11.3 Å². The van der Waals surface area contributed by atoms with Crippen molar-refractivity contribution in [3.05, 3.63) is 62.0 Å². The highest BCUT2D eigenvalue weighted by Crippen LogP contribution is 2.21. The summed E-state index contributed by atoms with van der Waals surface area (Å²) in [4.78, 5) is 35.7. The van der Waals surface area contributed by atoms with Gasteiger partial charge in [-0.25, -0.2) is 9.97 Å². The number of H-pyrrole nitrogens is 1. The highest BCUT2D eigenvalue weighted by Gasteiger charge is 2.14. The number of rotatable bonds is 3. The molecule has 7 heteroatoms. The fourth-order valence-electron chi connectivity index (χ4n) is 2.36. The van der Waals surface area contributed by atoms with E-state index in [1.165, 1.54) is 17.4 Å². The third-order valence-corrected chi connectivity index (χ3v) is 4.47. The van der Waals surface area contributed by atoms with Gasteiger partial charge in [-0.3, -0.25) is 9.59 Å². The normalized spacial score (nSPS) is 10.6. The Kier molecular flexibility index (Phi) is 4.26. The van der Waals surface area contributed by atoms with Crippen LogP contribution in [0.4, 0.5) is 5.69 Å². The van der Waals surface area contributed by atoms with Gasteiger partial charge < -0.3 is 10.3 Å². The summed E-state index contributed by atoms with van der Waals surface area (Å²) in [7, 11) is 0. The average molecular weight is 340 g/mol. The smallest absolute Gasteiger partial charge is 0.267 e. The van der Waals surface area contributed by atoms with Crippen molar-refractivity contribution >= 4 is 22.9 Å². The molecule has 122 valence electrons. The summed E-state index contributed by atoms with van der Waals surface area (Å²) >= 11 is 1.37. The van der Waals surface area contributed by atoms with Crippen molar-refractivity contribution in [2.75, 3.05) is 5.32 Å². The van der Waals surface area contributed by atoms with Gasteiger partial charge in [-0.1, -0.05) is 0 Å². The van der Waals surface area contributed by atoms with Crippen LogP contribution >= 0.6 is 11.3 Å². The zero-order valence-electron chi connectivity index (χ0n) is 13.5. The molecule has 2 aromatic heterocycles. The maximum absolute atomic E-state index is 12.3. The molecule has 0 bridgehead atoms. The SMILES string of the molecule is Cc1cc(=O)[nH]c(-c2ccc(NC(=O)c3sc(C)nc3C)cc2)n1. The number of aromatic nitrogens is 3. The Morgan fingerprint density at radius 3 is 2.42 bits per heavy atom. The molecule has 3 aromatic rings. The van der Waals surface area contributed by atoms with E-state index in [9.17, 15) is 9.59 Å². The van der Waals surface area contributed by atoms with E-state index >= 15 is 0 Å². The van der Waals surface area contributed by atoms with Gasteiger partial charge in [-0.05, 0) is 45.0 Å². The first-order chi connectivity index (χ1) is 11.4. The fraction of sp³-hybridized carbons (Fsp3) is 0.176. The predicted octanol–water partition coefficient (Wildman–Crippen LogP) is 3.07. The number of carbonyl (C=O) groups is 1. The lowest BCUT2D eigenvalue weighted by Gasteiger charge is -2.06. The van der Waals surface area contributed by atoms with Crippen LogP contribution in [0.3, 0.4) is 0 Å². The van der Waals surface area contributed by atoms with E-state index in [1.54, 1.807) is 31.2 Å². The summed E-state index contributed by atoms with van der Waals surface area (Å²) in [6.07, 6.45) is 0. The number of hydrogen-bond acceptors (Lipinski definition) is 5. The standard InChI is InChI=1S/C17H16N4O2S/c1-9-8-14(22)21-16(18-9)12-4-6-13(7-5-12)20-17(23)15-10(2)19-11(3)24-15/h4-8H,1-3H3,(H,20,23)(H,18,21,22). The first-order valence-corrected chi connectivity index (χ1v) is 8.18.